The zero-order valence-electron chi connectivity index (χ0n) is 15.8. The van der Waals surface area contributed by atoms with Crippen LogP contribution in [-0.4, -0.2) is 34.8 Å². The van der Waals surface area contributed by atoms with Gasteiger partial charge in [-0.3, -0.25) is 4.40 Å². The van der Waals surface area contributed by atoms with Crippen molar-refractivity contribution in [3.05, 3.63) is 75.3 Å². The first-order chi connectivity index (χ1) is 13.9. The number of aromatic hydroxyl groups is 1. The number of anilines is 1. The largest absolute Gasteiger partial charge is 0.506 e. The van der Waals surface area contributed by atoms with Gasteiger partial charge in [0.15, 0.2) is 5.82 Å². The number of aromatic nitrogens is 2. The molecule has 5 nitrogen and oxygen atoms in total. The second-order valence-corrected chi connectivity index (χ2v) is 8.51. The highest BCUT2D eigenvalue weighted by Gasteiger charge is 2.14. The molecule has 0 saturated carbocycles. The Labute approximate surface area is 185 Å². The molecule has 0 unspecified atom stereocenters. The van der Waals surface area contributed by atoms with Crippen molar-refractivity contribution in [2.45, 2.75) is 0 Å². The molecule has 0 aliphatic carbocycles. The molecule has 0 fully saturated rings. The van der Waals surface area contributed by atoms with Crippen LogP contribution in [-0.2, 0) is 0 Å². The molecule has 2 heterocycles. The molecule has 0 radical (unpaired) electrons. The summed E-state index contributed by atoms with van der Waals surface area (Å²) in [5.41, 5.74) is 4.29. The number of fused-ring (bicyclic) bond motifs is 1. The van der Waals surface area contributed by atoms with E-state index in [0.717, 1.165) is 27.1 Å². The summed E-state index contributed by atoms with van der Waals surface area (Å²) in [5.74, 6) is 0.844. The number of benzene rings is 2. The van der Waals surface area contributed by atoms with Crippen LogP contribution in [0.15, 0.2) is 74.7 Å². The van der Waals surface area contributed by atoms with Crippen LogP contribution in [0.5, 0.6) is 5.75 Å². The maximum Gasteiger partial charge on any atom is 0.165 e. The maximum atomic E-state index is 10.3. The summed E-state index contributed by atoms with van der Waals surface area (Å²) in [6.07, 6.45) is 3.59. The number of phenolic OH excluding ortho intramolecular Hbond substituents is 1. The van der Waals surface area contributed by atoms with E-state index >= 15 is 0 Å². The van der Waals surface area contributed by atoms with Gasteiger partial charge in [-0.1, -0.05) is 34.1 Å². The van der Waals surface area contributed by atoms with Gasteiger partial charge in [-0.25, -0.2) is 9.98 Å². The summed E-state index contributed by atoms with van der Waals surface area (Å²) in [5, 5.41) is 10.3. The summed E-state index contributed by atoms with van der Waals surface area (Å²) in [6, 6.07) is 17.7. The third kappa shape index (κ3) is 3.93. The van der Waals surface area contributed by atoms with Gasteiger partial charge in [-0.05, 0) is 52.3 Å². The van der Waals surface area contributed by atoms with E-state index in [2.05, 4.69) is 48.9 Å². The first-order valence-corrected chi connectivity index (χ1v) is 10.5. The predicted molar refractivity (Wildman–Crippen MR) is 126 cm³/mol. The number of imidazole rings is 1. The molecule has 0 spiro atoms. The molecule has 0 amide bonds. The van der Waals surface area contributed by atoms with Crippen LogP contribution in [0.2, 0.25) is 0 Å². The standard InChI is InChI=1S/C22H18Br2N4O/c1-27(2)17-8-6-14(7-9-17)20-22(28-10-4-3-5-19(28)26-20)25-13-15-11-16(23)12-18(24)21(15)29/h3-13,29H,1-2H3. The first-order valence-electron chi connectivity index (χ1n) is 8.91. The van der Waals surface area contributed by atoms with E-state index < -0.39 is 0 Å². The molecule has 0 bridgehead atoms. The van der Waals surface area contributed by atoms with Crippen LogP contribution in [0.25, 0.3) is 16.9 Å². The Morgan fingerprint density at radius 3 is 2.55 bits per heavy atom. The van der Waals surface area contributed by atoms with Crippen molar-refractivity contribution in [3.8, 4) is 17.0 Å². The van der Waals surface area contributed by atoms with Gasteiger partial charge in [0, 0.05) is 47.8 Å². The quantitative estimate of drug-likeness (QED) is 0.338. The number of hydrogen-bond donors (Lipinski definition) is 1. The topological polar surface area (TPSA) is 53.1 Å². The summed E-state index contributed by atoms with van der Waals surface area (Å²) in [7, 11) is 4.02. The summed E-state index contributed by atoms with van der Waals surface area (Å²) >= 11 is 6.81. The molecule has 2 aromatic heterocycles. The van der Waals surface area contributed by atoms with E-state index in [1.165, 1.54) is 0 Å². The number of rotatable bonds is 4. The summed E-state index contributed by atoms with van der Waals surface area (Å²) < 4.78 is 3.39. The SMILES string of the molecule is CN(C)c1ccc(-c2nc3ccccn3c2N=Cc2cc(Br)cc(Br)c2O)cc1. The molecule has 146 valence electrons. The molecule has 29 heavy (non-hydrogen) atoms. The minimum Gasteiger partial charge on any atom is -0.506 e. The van der Waals surface area contributed by atoms with Crippen LogP contribution in [0.3, 0.4) is 0 Å². The monoisotopic (exact) mass is 512 g/mol. The lowest BCUT2D eigenvalue weighted by atomic mass is 10.1. The van der Waals surface area contributed by atoms with Crippen LogP contribution in [0.1, 0.15) is 5.56 Å². The Hall–Kier alpha value is -2.64. The molecule has 4 rings (SSSR count). The lowest BCUT2D eigenvalue weighted by molar-refractivity contribution is 0.471. The van der Waals surface area contributed by atoms with E-state index in [1.807, 2.05) is 61.1 Å². The number of halogens is 2. The minimum atomic E-state index is 0.141. The second-order valence-electron chi connectivity index (χ2n) is 6.74. The molecule has 0 saturated heterocycles. The highest BCUT2D eigenvalue weighted by atomic mass is 79.9. The van der Waals surface area contributed by atoms with Gasteiger partial charge >= 0.3 is 0 Å². The fourth-order valence-electron chi connectivity index (χ4n) is 3.03. The van der Waals surface area contributed by atoms with Gasteiger partial charge in [-0.2, -0.15) is 0 Å². The average Bonchev–Trinajstić information content (AvgIpc) is 3.08. The summed E-state index contributed by atoms with van der Waals surface area (Å²) in [4.78, 5) is 11.5. The van der Waals surface area contributed by atoms with Gasteiger partial charge < -0.3 is 10.0 Å². The summed E-state index contributed by atoms with van der Waals surface area (Å²) in [6.45, 7) is 0. The predicted octanol–water partition coefficient (Wildman–Crippen LogP) is 6.05. The van der Waals surface area contributed by atoms with Gasteiger partial charge in [0.1, 0.15) is 17.1 Å². The fraction of sp³-hybridized carbons (Fsp3) is 0.0909. The van der Waals surface area contributed by atoms with E-state index in [9.17, 15) is 5.11 Å². The lowest BCUT2D eigenvalue weighted by Gasteiger charge is -2.12. The van der Waals surface area contributed by atoms with Crippen molar-refractivity contribution in [2.24, 2.45) is 4.99 Å². The third-order valence-electron chi connectivity index (χ3n) is 4.55. The average molecular weight is 514 g/mol. The van der Waals surface area contributed by atoms with Gasteiger partial charge in [-0.15, -0.1) is 0 Å². The van der Waals surface area contributed by atoms with Crippen molar-refractivity contribution >= 4 is 55.2 Å². The van der Waals surface area contributed by atoms with Gasteiger partial charge in [0.2, 0.25) is 0 Å². The van der Waals surface area contributed by atoms with Crippen LogP contribution in [0, 0.1) is 0 Å². The number of aliphatic imine (C=N–C) groups is 1. The molecule has 2 aromatic carbocycles. The van der Waals surface area contributed by atoms with E-state index in [0.29, 0.717) is 15.9 Å². The van der Waals surface area contributed by atoms with Crippen molar-refractivity contribution in [1.82, 2.24) is 9.38 Å². The molecule has 1 N–H and O–H groups in total. The fourth-order valence-corrected chi connectivity index (χ4v) is 4.29. The highest BCUT2D eigenvalue weighted by molar-refractivity contribution is 9.11. The number of hydrogen-bond acceptors (Lipinski definition) is 4. The Bertz CT molecular complexity index is 1210. The van der Waals surface area contributed by atoms with Crippen molar-refractivity contribution < 1.29 is 5.11 Å². The van der Waals surface area contributed by atoms with Crippen molar-refractivity contribution in [2.75, 3.05) is 19.0 Å². The van der Waals surface area contributed by atoms with Crippen molar-refractivity contribution in [3.63, 3.8) is 0 Å². The van der Waals surface area contributed by atoms with Gasteiger partial charge in [0.05, 0.1) is 4.47 Å². The van der Waals surface area contributed by atoms with Crippen LogP contribution < -0.4 is 4.90 Å². The smallest absolute Gasteiger partial charge is 0.165 e. The number of phenols is 1. The number of pyridine rings is 1. The molecular weight excluding hydrogens is 496 g/mol. The van der Waals surface area contributed by atoms with Crippen molar-refractivity contribution in [1.29, 1.82) is 0 Å². The molecule has 0 aliphatic rings. The zero-order chi connectivity index (χ0) is 20.5. The maximum absolute atomic E-state index is 10.3. The molecular formula is C22H18Br2N4O. The lowest BCUT2D eigenvalue weighted by Crippen LogP contribution is -2.07. The Morgan fingerprint density at radius 1 is 1.07 bits per heavy atom. The molecule has 7 heteroatoms. The van der Waals surface area contributed by atoms with E-state index in [-0.39, 0.29) is 5.75 Å². The Morgan fingerprint density at radius 2 is 1.83 bits per heavy atom. The Balaban J connectivity index is 1.84. The Kier molecular flexibility index (Phi) is 5.43. The highest BCUT2D eigenvalue weighted by Crippen LogP contribution is 2.34. The minimum absolute atomic E-state index is 0.141. The zero-order valence-corrected chi connectivity index (χ0v) is 19.0. The van der Waals surface area contributed by atoms with Crippen LogP contribution in [0.4, 0.5) is 11.5 Å². The molecule has 0 aliphatic heterocycles. The normalized spacial score (nSPS) is 11.4. The van der Waals surface area contributed by atoms with Crippen LogP contribution >= 0.6 is 31.9 Å². The number of nitrogens with zero attached hydrogens (tertiary/aromatic N) is 4. The molecule has 4 aromatic rings. The van der Waals surface area contributed by atoms with Gasteiger partial charge in [0.25, 0.3) is 0 Å². The first kappa shape index (κ1) is 19.7. The van der Waals surface area contributed by atoms with E-state index in [1.54, 1.807) is 12.3 Å². The van der Waals surface area contributed by atoms with E-state index in [4.69, 9.17) is 9.98 Å². The second kappa shape index (κ2) is 8.00. The molecule has 0 atom stereocenters. The third-order valence-corrected chi connectivity index (χ3v) is 5.61.